The topological polar surface area (TPSA) is 93.9 Å². The van der Waals surface area contributed by atoms with Crippen molar-refractivity contribution in [2.24, 2.45) is 5.73 Å². The average Bonchev–Trinajstić information content (AvgIpc) is 3.37. The Kier molecular flexibility index (Phi) is 7.55. The second-order valence-electron chi connectivity index (χ2n) is 9.34. The summed E-state index contributed by atoms with van der Waals surface area (Å²) in [5, 5.41) is 3.89. The van der Waals surface area contributed by atoms with Crippen molar-refractivity contribution < 1.29 is 19.1 Å². The molecule has 2 amide bonds. The fourth-order valence-corrected chi connectivity index (χ4v) is 5.13. The van der Waals surface area contributed by atoms with Gasteiger partial charge in [-0.25, -0.2) is 0 Å². The lowest BCUT2D eigenvalue weighted by atomic mass is 9.90. The van der Waals surface area contributed by atoms with Gasteiger partial charge in [0.2, 0.25) is 6.79 Å². The maximum Gasteiger partial charge on any atom is 0.255 e. The van der Waals surface area contributed by atoms with Crippen molar-refractivity contribution in [1.29, 1.82) is 0 Å². The predicted octanol–water partition coefficient (Wildman–Crippen LogP) is 5.89. The van der Waals surface area contributed by atoms with E-state index < -0.39 is 0 Å². The summed E-state index contributed by atoms with van der Waals surface area (Å²) < 4.78 is 10.9. The van der Waals surface area contributed by atoms with Gasteiger partial charge in [-0.05, 0) is 85.8 Å². The van der Waals surface area contributed by atoms with Gasteiger partial charge in [-0.2, -0.15) is 0 Å². The van der Waals surface area contributed by atoms with Gasteiger partial charge in [0.05, 0.1) is 0 Å². The van der Waals surface area contributed by atoms with E-state index in [1.54, 1.807) is 60.7 Å². The minimum absolute atomic E-state index is 0.0125. The van der Waals surface area contributed by atoms with Crippen LogP contribution in [-0.4, -0.2) is 35.6 Å². The summed E-state index contributed by atoms with van der Waals surface area (Å²) >= 11 is 12.6. The number of carbonyl (C=O) groups excluding carboxylic acids is 2. The van der Waals surface area contributed by atoms with E-state index in [1.165, 1.54) is 0 Å². The molecule has 1 heterocycles. The third-order valence-corrected chi connectivity index (χ3v) is 7.40. The first kappa shape index (κ1) is 25.4. The number of hydrogen-bond donors (Lipinski definition) is 2. The number of fused-ring (bicyclic) bond motifs is 1. The molecule has 0 saturated heterocycles. The molecule has 1 aliphatic heterocycles. The highest BCUT2D eigenvalue weighted by atomic mass is 35.5. The van der Waals surface area contributed by atoms with Crippen molar-refractivity contribution in [1.82, 2.24) is 4.90 Å². The van der Waals surface area contributed by atoms with Gasteiger partial charge in [-0.15, -0.1) is 0 Å². The molecule has 9 heteroatoms. The predicted molar refractivity (Wildman–Crippen MR) is 144 cm³/mol. The van der Waals surface area contributed by atoms with Crippen LogP contribution in [0.5, 0.6) is 11.5 Å². The van der Waals surface area contributed by atoms with E-state index in [9.17, 15) is 9.59 Å². The third kappa shape index (κ3) is 5.85. The van der Waals surface area contributed by atoms with Crippen LogP contribution in [0.15, 0.2) is 60.7 Å². The smallest absolute Gasteiger partial charge is 0.255 e. The molecule has 3 aromatic rings. The second-order valence-corrected chi connectivity index (χ2v) is 10.2. The molecule has 1 fully saturated rings. The average molecular weight is 540 g/mol. The van der Waals surface area contributed by atoms with E-state index >= 15 is 0 Å². The van der Waals surface area contributed by atoms with Crippen LogP contribution in [0.4, 0.5) is 5.69 Å². The highest BCUT2D eigenvalue weighted by Crippen LogP contribution is 2.34. The summed E-state index contributed by atoms with van der Waals surface area (Å²) in [4.78, 5) is 28.4. The fourth-order valence-electron chi connectivity index (χ4n) is 4.77. The minimum atomic E-state index is -0.287. The van der Waals surface area contributed by atoms with Crippen LogP contribution in [0.2, 0.25) is 10.0 Å². The molecule has 37 heavy (non-hydrogen) atoms. The lowest BCUT2D eigenvalue weighted by Crippen LogP contribution is -2.43. The molecule has 0 unspecified atom stereocenters. The summed E-state index contributed by atoms with van der Waals surface area (Å²) in [6.45, 7) is 0.424. The molecule has 0 aromatic heterocycles. The van der Waals surface area contributed by atoms with Crippen LogP contribution in [0.3, 0.4) is 0 Å². The number of nitrogens with two attached hydrogens (primary N) is 1. The summed E-state index contributed by atoms with van der Waals surface area (Å²) in [7, 11) is 0. The number of anilines is 1. The van der Waals surface area contributed by atoms with Gasteiger partial charge in [0.15, 0.2) is 11.5 Å². The van der Waals surface area contributed by atoms with Crippen LogP contribution in [0.25, 0.3) is 0 Å². The molecule has 0 bridgehead atoms. The first-order chi connectivity index (χ1) is 17.9. The zero-order valence-electron chi connectivity index (χ0n) is 20.1. The molecular formula is C28H27Cl2N3O4. The fraction of sp³-hybridized carbons (Fsp3) is 0.286. The Balaban J connectivity index is 1.40. The van der Waals surface area contributed by atoms with Gasteiger partial charge in [-0.1, -0.05) is 29.3 Å². The number of rotatable bonds is 6. The molecule has 5 rings (SSSR count). The maximum atomic E-state index is 13.8. The number of carbonyl (C=O) groups is 2. The van der Waals surface area contributed by atoms with Crippen molar-refractivity contribution in [3.8, 4) is 11.5 Å². The Bertz CT molecular complexity index is 1320. The van der Waals surface area contributed by atoms with Crippen molar-refractivity contribution in [2.45, 2.75) is 44.3 Å². The molecule has 2 aliphatic rings. The van der Waals surface area contributed by atoms with Crippen LogP contribution in [0.1, 0.15) is 52.0 Å². The zero-order valence-corrected chi connectivity index (χ0v) is 21.6. The molecule has 3 N–H and O–H groups in total. The molecule has 0 atom stereocenters. The van der Waals surface area contributed by atoms with Crippen LogP contribution < -0.4 is 20.5 Å². The molecular weight excluding hydrogens is 513 g/mol. The number of amides is 2. The first-order valence-electron chi connectivity index (χ1n) is 12.2. The molecule has 3 aromatic carbocycles. The number of hydrogen-bond acceptors (Lipinski definition) is 5. The van der Waals surface area contributed by atoms with E-state index in [4.69, 9.17) is 38.4 Å². The van der Waals surface area contributed by atoms with Gasteiger partial charge in [0.1, 0.15) is 0 Å². The number of nitrogens with zero attached hydrogens (tertiary/aromatic N) is 1. The molecule has 7 nitrogen and oxygen atoms in total. The van der Waals surface area contributed by atoms with Crippen LogP contribution >= 0.6 is 23.2 Å². The van der Waals surface area contributed by atoms with Gasteiger partial charge < -0.3 is 25.4 Å². The van der Waals surface area contributed by atoms with Crippen LogP contribution in [0, 0.1) is 0 Å². The monoisotopic (exact) mass is 539 g/mol. The van der Waals surface area contributed by atoms with Crippen molar-refractivity contribution >= 4 is 40.7 Å². The van der Waals surface area contributed by atoms with Crippen LogP contribution in [-0.2, 0) is 6.54 Å². The molecule has 1 aliphatic carbocycles. The Morgan fingerprint density at radius 3 is 2.49 bits per heavy atom. The normalized spacial score (nSPS) is 18.4. The Morgan fingerprint density at radius 2 is 1.70 bits per heavy atom. The lowest BCUT2D eigenvalue weighted by Gasteiger charge is -2.36. The number of nitrogens with one attached hydrogen (secondary N) is 1. The summed E-state index contributed by atoms with van der Waals surface area (Å²) in [5.74, 6) is 0.770. The second kappa shape index (κ2) is 11.0. The van der Waals surface area contributed by atoms with Gasteiger partial charge >= 0.3 is 0 Å². The summed E-state index contributed by atoms with van der Waals surface area (Å²) in [5.41, 5.74) is 8.41. The first-order valence-corrected chi connectivity index (χ1v) is 12.9. The number of benzene rings is 3. The van der Waals surface area contributed by atoms with E-state index in [2.05, 4.69) is 5.32 Å². The molecule has 1 saturated carbocycles. The Labute approximate surface area is 225 Å². The molecule has 192 valence electrons. The van der Waals surface area contributed by atoms with Crippen molar-refractivity contribution in [2.75, 3.05) is 12.1 Å². The molecule has 0 spiro atoms. The highest BCUT2D eigenvalue weighted by molar-refractivity contribution is 6.31. The standard InChI is InChI=1S/C28H27Cl2N3O4/c29-20-3-1-2-17(12-20)27(34)32-22-7-10-24(30)19(13-22)15-33(23-8-5-21(31)6-9-23)28(35)18-4-11-25-26(14-18)37-16-36-25/h1-4,7,10-14,21,23H,5-6,8-9,15-16,31H2,(H,32,34). The van der Waals surface area contributed by atoms with E-state index in [0.717, 1.165) is 31.2 Å². The van der Waals surface area contributed by atoms with Crippen molar-refractivity contribution in [3.63, 3.8) is 0 Å². The van der Waals surface area contributed by atoms with E-state index in [0.29, 0.717) is 38.4 Å². The SMILES string of the molecule is NC1CCC(N(Cc2cc(NC(=O)c3cccc(Cl)c3)ccc2Cl)C(=O)c2ccc3c(c2)OCO3)CC1. The third-order valence-electron chi connectivity index (χ3n) is 6.79. The summed E-state index contributed by atoms with van der Waals surface area (Å²) in [6.07, 6.45) is 3.30. The Hall–Kier alpha value is -3.26. The van der Waals surface area contributed by atoms with E-state index in [1.807, 2.05) is 4.90 Å². The largest absolute Gasteiger partial charge is 0.454 e. The maximum absolute atomic E-state index is 13.8. The highest BCUT2D eigenvalue weighted by Gasteiger charge is 2.30. The zero-order chi connectivity index (χ0) is 25.9. The van der Waals surface area contributed by atoms with Gasteiger partial charge in [0, 0.05) is 45.5 Å². The van der Waals surface area contributed by atoms with Gasteiger partial charge in [0.25, 0.3) is 11.8 Å². The number of halogens is 2. The van der Waals surface area contributed by atoms with E-state index in [-0.39, 0.29) is 37.2 Å². The number of ether oxygens (including phenoxy) is 2. The Morgan fingerprint density at radius 1 is 0.919 bits per heavy atom. The van der Waals surface area contributed by atoms with Gasteiger partial charge in [-0.3, -0.25) is 9.59 Å². The van der Waals surface area contributed by atoms with Crippen molar-refractivity contribution in [3.05, 3.63) is 87.4 Å². The minimum Gasteiger partial charge on any atom is -0.454 e. The lowest BCUT2D eigenvalue weighted by molar-refractivity contribution is 0.0606. The quantitative estimate of drug-likeness (QED) is 0.407. The molecule has 0 radical (unpaired) electrons. The summed E-state index contributed by atoms with van der Waals surface area (Å²) in [6, 6.07) is 17.4.